The van der Waals surface area contributed by atoms with E-state index < -0.39 is 5.54 Å². The fourth-order valence-corrected chi connectivity index (χ4v) is 3.62. The van der Waals surface area contributed by atoms with E-state index in [1.165, 1.54) is 5.06 Å². The number of hydroxylamine groups is 4. The highest BCUT2D eigenvalue weighted by Crippen LogP contribution is 2.41. The number of methoxy groups -OCH3 is 1. The van der Waals surface area contributed by atoms with E-state index in [2.05, 4.69) is 24.3 Å². The van der Waals surface area contributed by atoms with Gasteiger partial charge in [-0.15, -0.1) is 0 Å². The minimum Gasteiger partial charge on any atom is -0.356 e. The summed E-state index contributed by atoms with van der Waals surface area (Å²) in [5.41, 5.74) is 3.46. The largest absolute Gasteiger partial charge is 0.356 e. The second kappa shape index (κ2) is 7.25. The summed E-state index contributed by atoms with van der Waals surface area (Å²) in [5.74, 6) is -0.100. The molecule has 0 saturated carbocycles. The lowest BCUT2D eigenvalue weighted by Gasteiger charge is -2.41. The monoisotopic (exact) mass is 346 g/mol. The summed E-state index contributed by atoms with van der Waals surface area (Å²) in [5, 5.41) is 3.43. The number of benzene rings is 1. The molecule has 0 aromatic heterocycles. The van der Waals surface area contributed by atoms with Crippen molar-refractivity contribution in [1.29, 1.82) is 0 Å². The van der Waals surface area contributed by atoms with Crippen LogP contribution in [0, 0.1) is 13.8 Å². The minimum absolute atomic E-state index is 0.0510. The van der Waals surface area contributed by atoms with Crippen molar-refractivity contribution < 1.29 is 19.2 Å². The van der Waals surface area contributed by atoms with Crippen molar-refractivity contribution in [2.24, 2.45) is 0 Å². The topological polar surface area (TPSA) is 51.2 Å². The van der Waals surface area contributed by atoms with E-state index in [0.29, 0.717) is 5.57 Å². The van der Waals surface area contributed by atoms with Crippen LogP contribution >= 0.6 is 0 Å². The van der Waals surface area contributed by atoms with Crippen molar-refractivity contribution in [3.63, 3.8) is 0 Å². The Hall–Kier alpha value is -1.73. The zero-order valence-electron chi connectivity index (χ0n) is 15.4. The summed E-state index contributed by atoms with van der Waals surface area (Å²) in [6.45, 7) is 5.60. The van der Waals surface area contributed by atoms with E-state index in [1.807, 2.05) is 18.9 Å². The Morgan fingerprint density at radius 1 is 1.16 bits per heavy atom. The fourth-order valence-electron chi connectivity index (χ4n) is 3.62. The van der Waals surface area contributed by atoms with Crippen LogP contribution in [-0.4, -0.2) is 55.7 Å². The molecule has 0 atom stereocenters. The third-order valence-corrected chi connectivity index (χ3v) is 5.06. The van der Waals surface area contributed by atoms with Crippen LogP contribution in [0.25, 0.3) is 5.57 Å². The first-order chi connectivity index (χ1) is 12.0. The number of aryl methyl sites for hydroxylation is 2. The molecule has 2 aliphatic heterocycles. The lowest BCUT2D eigenvalue weighted by atomic mass is 9.87. The Labute approximate surface area is 148 Å². The van der Waals surface area contributed by atoms with Crippen molar-refractivity contribution in [2.75, 3.05) is 34.1 Å². The summed E-state index contributed by atoms with van der Waals surface area (Å²) in [6.07, 6.45) is 3.59. The number of carbonyl (C=O) groups excluding carboxylic acids is 1. The van der Waals surface area contributed by atoms with Crippen LogP contribution in [0.2, 0.25) is 0 Å². The van der Waals surface area contributed by atoms with E-state index in [1.54, 1.807) is 14.2 Å². The smallest absolute Gasteiger partial charge is 0.278 e. The van der Waals surface area contributed by atoms with Crippen molar-refractivity contribution in [1.82, 2.24) is 10.1 Å². The molecule has 136 valence electrons. The summed E-state index contributed by atoms with van der Waals surface area (Å²) in [6, 6.07) is 6.18. The van der Waals surface area contributed by atoms with E-state index in [9.17, 15) is 4.79 Å². The maximum atomic E-state index is 13.1. The van der Waals surface area contributed by atoms with Gasteiger partial charge in [-0.2, -0.15) is 5.06 Å². The highest BCUT2D eigenvalue weighted by molar-refractivity contribution is 6.22. The highest BCUT2D eigenvalue weighted by Gasteiger charge is 2.48. The molecule has 0 bridgehead atoms. The van der Waals surface area contributed by atoms with Gasteiger partial charge in [0.1, 0.15) is 0 Å². The Morgan fingerprint density at radius 2 is 1.88 bits per heavy atom. The van der Waals surface area contributed by atoms with Crippen LogP contribution in [0.15, 0.2) is 24.3 Å². The molecule has 25 heavy (non-hydrogen) atoms. The molecule has 0 radical (unpaired) electrons. The minimum atomic E-state index is -0.448. The molecule has 3 rings (SSSR count). The van der Waals surface area contributed by atoms with Crippen LogP contribution in [0.3, 0.4) is 0 Å². The van der Waals surface area contributed by atoms with Crippen LogP contribution in [0.1, 0.15) is 29.5 Å². The normalized spacial score (nSPS) is 20.4. The van der Waals surface area contributed by atoms with Crippen molar-refractivity contribution >= 4 is 11.5 Å². The molecule has 2 heterocycles. The van der Waals surface area contributed by atoms with Gasteiger partial charge < -0.3 is 9.57 Å². The third-order valence-electron chi connectivity index (χ3n) is 5.06. The maximum absolute atomic E-state index is 13.1. The van der Waals surface area contributed by atoms with Crippen molar-refractivity contribution in [3.05, 3.63) is 41.0 Å². The van der Waals surface area contributed by atoms with Gasteiger partial charge in [0, 0.05) is 25.8 Å². The standard InChI is InChI=1S/C19H26N2O4/c1-14-5-6-15(2)16(11-14)17-12-19(7-9-20(24-4)10-8-19)21(18(17)22)25-13-23-3/h5-6,11-12H,7-10,13H2,1-4H3. The van der Waals surface area contributed by atoms with Crippen LogP contribution in [-0.2, 0) is 19.2 Å². The first kappa shape index (κ1) is 18.1. The molecule has 1 fully saturated rings. The average Bonchev–Trinajstić information content (AvgIpc) is 2.88. The third kappa shape index (κ3) is 3.35. The fraction of sp³-hybridized carbons (Fsp3) is 0.526. The molecule has 0 aliphatic carbocycles. The first-order valence-corrected chi connectivity index (χ1v) is 8.57. The number of piperidine rings is 1. The Morgan fingerprint density at radius 3 is 2.52 bits per heavy atom. The van der Waals surface area contributed by atoms with E-state index in [-0.39, 0.29) is 12.7 Å². The zero-order valence-corrected chi connectivity index (χ0v) is 15.4. The number of hydrogen-bond donors (Lipinski definition) is 0. The van der Waals surface area contributed by atoms with Gasteiger partial charge in [-0.3, -0.25) is 4.79 Å². The molecule has 1 aromatic rings. The first-order valence-electron chi connectivity index (χ1n) is 8.57. The van der Waals surface area contributed by atoms with Gasteiger partial charge in [0.25, 0.3) is 5.91 Å². The maximum Gasteiger partial charge on any atom is 0.278 e. The Bertz CT molecular complexity index is 678. The van der Waals surface area contributed by atoms with Gasteiger partial charge >= 0.3 is 0 Å². The van der Waals surface area contributed by atoms with E-state index in [0.717, 1.165) is 42.6 Å². The Kier molecular flexibility index (Phi) is 5.24. The summed E-state index contributed by atoms with van der Waals surface area (Å²) < 4.78 is 5.04. The number of nitrogens with zero attached hydrogens (tertiary/aromatic N) is 2. The predicted molar refractivity (Wildman–Crippen MR) is 94.2 cm³/mol. The molecule has 6 nitrogen and oxygen atoms in total. The number of rotatable bonds is 5. The van der Waals surface area contributed by atoms with Gasteiger partial charge in [0.2, 0.25) is 0 Å². The molecule has 1 aromatic carbocycles. The quantitative estimate of drug-likeness (QED) is 0.767. The van der Waals surface area contributed by atoms with Gasteiger partial charge in [-0.05, 0) is 43.9 Å². The highest BCUT2D eigenvalue weighted by atomic mass is 16.8. The lowest BCUT2D eigenvalue weighted by molar-refractivity contribution is -0.254. The summed E-state index contributed by atoms with van der Waals surface area (Å²) in [4.78, 5) is 24.2. The zero-order chi connectivity index (χ0) is 18.0. The van der Waals surface area contributed by atoms with E-state index in [4.69, 9.17) is 14.4 Å². The van der Waals surface area contributed by atoms with Gasteiger partial charge in [-0.25, -0.2) is 9.90 Å². The number of ether oxygens (including phenoxy) is 1. The van der Waals surface area contributed by atoms with Crippen LogP contribution in [0.5, 0.6) is 0 Å². The summed E-state index contributed by atoms with van der Waals surface area (Å²) in [7, 11) is 3.23. The molecule has 1 saturated heterocycles. The molecule has 0 N–H and O–H groups in total. The van der Waals surface area contributed by atoms with Crippen LogP contribution in [0.4, 0.5) is 0 Å². The summed E-state index contributed by atoms with van der Waals surface area (Å²) >= 11 is 0. The molecule has 2 aliphatic rings. The molecule has 1 amide bonds. The number of carbonyl (C=O) groups is 1. The number of hydrogen-bond acceptors (Lipinski definition) is 5. The number of amides is 1. The molecule has 1 spiro atoms. The van der Waals surface area contributed by atoms with Gasteiger partial charge in [-0.1, -0.05) is 23.8 Å². The molecule has 6 heteroatoms. The molecule has 0 unspecified atom stereocenters. The lowest BCUT2D eigenvalue weighted by Crippen LogP contribution is -2.53. The van der Waals surface area contributed by atoms with E-state index >= 15 is 0 Å². The van der Waals surface area contributed by atoms with Crippen molar-refractivity contribution in [2.45, 2.75) is 32.2 Å². The van der Waals surface area contributed by atoms with Crippen molar-refractivity contribution in [3.8, 4) is 0 Å². The SMILES string of the molecule is COCON1C(=O)C(c2cc(C)ccc2C)=CC12CCN(OC)CC2. The second-order valence-electron chi connectivity index (χ2n) is 6.73. The Balaban J connectivity index is 1.97. The van der Waals surface area contributed by atoms with Gasteiger partial charge in [0.15, 0.2) is 6.79 Å². The predicted octanol–water partition coefficient (Wildman–Crippen LogP) is 2.46. The second-order valence-corrected chi connectivity index (χ2v) is 6.73. The van der Waals surface area contributed by atoms with Crippen LogP contribution < -0.4 is 0 Å². The molecular formula is C19H26N2O4. The molecular weight excluding hydrogens is 320 g/mol. The average molecular weight is 346 g/mol. The van der Waals surface area contributed by atoms with Gasteiger partial charge in [0.05, 0.1) is 12.6 Å².